The minimum absolute atomic E-state index is 0.0598. The number of rotatable bonds is 4. The molecule has 0 rings (SSSR count). The van der Waals surface area contributed by atoms with Crippen LogP contribution in [0.25, 0.3) is 0 Å². The second kappa shape index (κ2) is 5.11. The van der Waals surface area contributed by atoms with E-state index < -0.39 is 17.6 Å². The monoisotopic (exact) mass is 216 g/mol. The molecular formula is C10H20N2O3. The van der Waals surface area contributed by atoms with E-state index >= 15 is 0 Å². The van der Waals surface area contributed by atoms with Crippen LogP contribution in [-0.2, 0) is 9.59 Å². The smallest absolute Gasteiger partial charge is 0.305 e. The molecule has 0 spiro atoms. The zero-order valence-electron chi connectivity index (χ0n) is 9.78. The van der Waals surface area contributed by atoms with E-state index in [0.717, 1.165) is 0 Å². The predicted molar refractivity (Wildman–Crippen MR) is 57.4 cm³/mol. The van der Waals surface area contributed by atoms with Gasteiger partial charge >= 0.3 is 5.97 Å². The third-order valence-corrected chi connectivity index (χ3v) is 2.01. The van der Waals surface area contributed by atoms with Gasteiger partial charge in [-0.15, -0.1) is 0 Å². The van der Waals surface area contributed by atoms with Gasteiger partial charge in [-0.25, -0.2) is 0 Å². The summed E-state index contributed by atoms with van der Waals surface area (Å²) in [4.78, 5) is 23.7. The Kier molecular flexibility index (Phi) is 4.74. The normalized spacial score (nSPS) is 13.4. The Hall–Kier alpha value is -1.10. The maximum atomic E-state index is 11.7. The molecule has 0 radical (unpaired) electrons. The maximum Gasteiger partial charge on any atom is 0.305 e. The number of carboxylic acids is 1. The molecule has 0 fully saturated rings. The van der Waals surface area contributed by atoms with Crippen LogP contribution >= 0.6 is 0 Å². The molecule has 1 amide bonds. The highest BCUT2D eigenvalue weighted by Gasteiger charge is 2.28. The van der Waals surface area contributed by atoms with Crippen molar-refractivity contribution in [1.82, 2.24) is 4.90 Å². The second-order valence-electron chi connectivity index (χ2n) is 4.59. The van der Waals surface area contributed by atoms with Crippen LogP contribution in [0.1, 0.15) is 34.1 Å². The minimum atomic E-state index is -0.915. The fourth-order valence-electron chi connectivity index (χ4n) is 1.23. The molecule has 0 heterocycles. The third kappa shape index (κ3) is 4.78. The van der Waals surface area contributed by atoms with Gasteiger partial charge in [-0.2, -0.15) is 0 Å². The molecule has 0 aliphatic heterocycles. The van der Waals surface area contributed by atoms with Crippen molar-refractivity contribution in [3.05, 3.63) is 0 Å². The van der Waals surface area contributed by atoms with Crippen LogP contribution in [0.2, 0.25) is 0 Å². The first-order chi connectivity index (χ1) is 6.66. The van der Waals surface area contributed by atoms with Crippen LogP contribution in [0.15, 0.2) is 0 Å². The average Bonchev–Trinajstić information content (AvgIpc) is 2.00. The number of carbonyl (C=O) groups is 2. The molecular weight excluding hydrogens is 196 g/mol. The van der Waals surface area contributed by atoms with Crippen molar-refractivity contribution in [2.24, 2.45) is 5.73 Å². The van der Waals surface area contributed by atoms with Crippen LogP contribution in [-0.4, -0.2) is 40.0 Å². The largest absolute Gasteiger partial charge is 0.481 e. The lowest BCUT2D eigenvalue weighted by Gasteiger charge is -2.36. The van der Waals surface area contributed by atoms with Crippen LogP contribution in [0.3, 0.4) is 0 Å². The van der Waals surface area contributed by atoms with E-state index in [1.54, 1.807) is 6.92 Å². The predicted octanol–water partition coefficient (Wildman–Crippen LogP) is 0.435. The lowest BCUT2D eigenvalue weighted by Crippen LogP contribution is -2.52. The van der Waals surface area contributed by atoms with Crippen LogP contribution < -0.4 is 5.73 Å². The lowest BCUT2D eigenvalue weighted by atomic mass is 10.0. The van der Waals surface area contributed by atoms with Gasteiger partial charge in [0.15, 0.2) is 0 Å². The molecule has 0 aromatic rings. The molecule has 0 saturated carbocycles. The second-order valence-corrected chi connectivity index (χ2v) is 4.59. The summed E-state index contributed by atoms with van der Waals surface area (Å²) in [7, 11) is 0. The molecule has 0 aliphatic carbocycles. The summed E-state index contributed by atoms with van der Waals surface area (Å²) in [6.45, 7) is 7.36. The molecule has 1 atom stereocenters. The fraction of sp³-hybridized carbons (Fsp3) is 0.800. The molecule has 88 valence electrons. The average molecular weight is 216 g/mol. The maximum absolute atomic E-state index is 11.7. The standard InChI is InChI=1S/C10H20N2O3/c1-7(11)9(15)12(10(2,3)4)6-5-8(13)14/h7H,5-6,11H2,1-4H3,(H,13,14)/t7-/m0/s1. The number of aliphatic carboxylic acids is 1. The summed E-state index contributed by atoms with van der Waals surface area (Å²) in [6, 6.07) is -0.599. The quantitative estimate of drug-likeness (QED) is 0.714. The Balaban J connectivity index is 4.60. The molecule has 3 N–H and O–H groups in total. The number of amides is 1. The highest BCUT2D eigenvalue weighted by molar-refractivity contribution is 5.82. The highest BCUT2D eigenvalue weighted by Crippen LogP contribution is 2.14. The van der Waals surface area contributed by atoms with E-state index in [-0.39, 0.29) is 18.9 Å². The van der Waals surface area contributed by atoms with Crippen molar-refractivity contribution in [3.8, 4) is 0 Å². The van der Waals surface area contributed by atoms with Crippen LogP contribution in [0.4, 0.5) is 0 Å². The SMILES string of the molecule is C[C@H](N)C(=O)N(CCC(=O)O)C(C)(C)C. The fourth-order valence-corrected chi connectivity index (χ4v) is 1.23. The molecule has 5 heteroatoms. The molecule has 5 nitrogen and oxygen atoms in total. The molecule has 15 heavy (non-hydrogen) atoms. The van der Waals surface area contributed by atoms with E-state index in [4.69, 9.17) is 10.8 Å². The minimum Gasteiger partial charge on any atom is -0.481 e. The molecule has 0 aromatic carbocycles. The van der Waals surface area contributed by atoms with E-state index in [9.17, 15) is 9.59 Å². The van der Waals surface area contributed by atoms with Gasteiger partial charge in [0.1, 0.15) is 0 Å². The number of nitrogens with zero attached hydrogens (tertiary/aromatic N) is 1. The Bertz CT molecular complexity index is 244. The van der Waals surface area contributed by atoms with Crippen molar-refractivity contribution < 1.29 is 14.7 Å². The first-order valence-corrected chi connectivity index (χ1v) is 4.95. The van der Waals surface area contributed by atoms with Crippen molar-refractivity contribution in [2.45, 2.75) is 45.7 Å². The van der Waals surface area contributed by atoms with Crippen LogP contribution in [0.5, 0.6) is 0 Å². The zero-order valence-corrected chi connectivity index (χ0v) is 9.78. The molecule has 0 aliphatic rings. The van der Waals surface area contributed by atoms with Gasteiger partial charge in [0, 0.05) is 12.1 Å². The van der Waals surface area contributed by atoms with E-state index in [0.29, 0.717) is 0 Å². The first kappa shape index (κ1) is 13.9. The number of hydrogen-bond acceptors (Lipinski definition) is 3. The summed E-state index contributed by atoms with van der Waals surface area (Å²) in [5, 5.41) is 8.58. The van der Waals surface area contributed by atoms with Gasteiger partial charge in [-0.3, -0.25) is 9.59 Å². The van der Waals surface area contributed by atoms with Gasteiger partial charge in [0.2, 0.25) is 5.91 Å². The molecule has 0 unspecified atom stereocenters. The van der Waals surface area contributed by atoms with Crippen molar-refractivity contribution >= 4 is 11.9 Å². The third-order valence-electron chi connectivity index (χ3n) is 2.01. The first-order valence-electron chi connectivity index (χ1n) is 4.95. The molecule has 0 bridgehead atoms. The Morgan fingerprint density at radius 2 is 1.87 bits per heavy atom. The topological polar surface area (TPSA) is 83.6 Å². The van der Waals surface area contributed by atoms with E-state index in [1.165, 1.54) is 4.90 Å². The Morgan fingerprint density at radius 3 is 2.13 bits per heavy atom. The van der Waals surface area contributed by atoms with Gasteiger partial charge in [0.05, 0.1) is 12.5 Å². The van der Waals surface area contributed by atoms with Crippen molar-refractivity contribution in [1.29, 1.82) is 0 Å². The van der Waals surface area contributed by atoms with Gasteiger partial charge in [-0.05, 0) is 27.7 Å². The van der Waals surface area contributed by atoms with Crippen molar-refractivity contribution in [3.63, 3.8) is 0 Å². The summed E-state index contributed by atoms with van der Waals surface area (Å²) >= 11 is 0. The highest BCUT2D eigenvalue weighted by atomic mass is 16.4. The van der Waals surface area contributed by atoms with E-state index in [2.05, 4.69) is 0 Å². The van der Waals surface area contributed by atoms with Crippen molar-refractivity contribution in [2.75, 3.05) is 6.54 Å². The van der Waals surface area contributed by atoms with Gasteiger partial charge in [0.25, 0.3) is 0 Å². The summed E-state index contributed by atoms with van der Waals surface area (Å²) < 4.78 is 0. The molecule has 0 saturated heterocycles. The summed E-state index contributed by atoms with van der Waals surface area (Å²) in [5.74, 6) is -1.13. The Morgan fingerprint density at radius 1 is 1.40 bits per heavy atom. The number of carbonyl (C=O) groups excluding carboxylic acids is 1. The van der Waals surface area contributed by atoms with Gasteiger partial charge < -0.3 is 15.7 Å². The zero-order chi connectivity index (χ0) is 12.2. The van der Waals surface area contributed by atoms with E-state index in [1.807, 2.05) is 20.8 Å². The number of nitrogens with two attached hydrogens (primary N) is 1. The summed E-state index contributed by atoms with van der Waals surface area (Å²) in [5.41, 5.74) is 5.10. The number of hydrogen-bond donors (Lipinski definition) is 2. The summed E-state index contributed by atoms with van der Waals surface area (Å²) in [6.07, 6.45) is -0.0598. The molecule has 0 aromatic heterocycles. The van der Waals surface area contributed by atoms with Gasteiger partial charge in [-0.1, -0.05) is 0 Å². The lowest BCUT2D eigenvalue weighted by molar-refractivity contribution is -0.141. The van der Waals surface area contributed by atoms with Crippen LogP contribution in [0, 0.1) is 0 Å². The Labute approximate surface area is 90.2 Å². The number of carboxylic acid groups (broad SMARTS) is 1.